The Kier molecular flexibility index (Phi) is 2.57. The lowest BCUT2D eigenvalue weighted by Gasteiger charge is -2.17. The molecule has 0 aliphatic heterocycles. The minimum atomic E-state index is 0.222. The molecule has 88 valence electrons. The van der Waals surface area contributed by atoms with Gasteiger partial charge >= 0.3 is 0 Å². The first-order chi connectivity index (χ1) is 8.16. The summed E-state index contributed by atoms with van der Waals surface area (Å²) in [5, 5.41) is 0. The predicted octanol–water partition coefficient (Wildman–Crippen LogP) is 2.31. The topological polar surface area (TPSA) is 37.6 Å². The Morgan fingerprint density at radius 2 is 2.29 bits per heavy atom. The lowest BCUT2D eigenvalue weighted by molar-refractivity contribution is -0.119. The van der Waals surface area contributed by atoms with Gasteiger partial charge < -0.3 is 4.90 Å². The van der Waals surface area contributed by atoms with Gasteiger partial charge in [0.15, 0.2) is 0 Å². The summed E-state index contributed by atoms with van der Waals surface area (Å²) in [5.41, 5.74) is 1.83. The number of imidazole rings is 1. The number of halogens is 1. The standard InChI is InChI=1S/C12H12IN3O/c1-15(12(17)8-2-3-8)9-4-5-11-14-6-10(13)16(11)7-9/h4-8H,2-3H2,1H3. The zero-order chi connectivity index (χ0) is 12.0. The number of nitrogens with zero attached hydrogens (tertiary/aromatic N) is 3. The van der Waals surface area contributed by atoms with Crippen LogP contribution >= 0.6 is 22.6 Å². The van der Waals surface area contributed by atoms with Gasteiger partial charge in [0.1, 0.15) is 9.35 Å². The number of amides is 1. The van der Waals surface area contributed by atoms with E-state index in [1.165, 1.54) is 0 Å². The van der Waals surface area contributed by atoms with Gasteiger partial charge in [-0.1, -0.05) is 0 Å². The van der Waals surface area contributed by atoms with E-state index < -0.39 is 0 Å². The molecule has 0 radical (unpaired) electrons. The number of fused-ring (bicyclic) bond motifs is 1. The van der Waals surface area contributed by atoms with E-state index in [4.69, 9.17) is 0 Å². The Labute approximate surface area is 113 Å². The summed E-state index contributed by atoms with van der Waals surface area (Å²) in [5.74, 6) is 0.469. The average molecular weight is 341 g/mol. The van der Waals surface area contributed by atoms with E-state index >= 15 is 0 Å². The third-order valence-electron chi connectivity index (χ3n) is 3.09. The van der Waals surface area contributed by atoms with Gasteiger partial charge in [0.05, 0.1) is 11.9 Å². The van der Waals surface area contributed by atoms with Crippen LogP contribution < -0.4 is 4.90 Å². The third-order valence-corrected chi connectivity index (χ3v) is 3.89. The first kappa shape index (κ1) is 11.0. The summed E-state index contributed by atoms with van der Waals surface area (Å²) in [7, 11) is 1.84. The van der Waals surface area contributed by atoms with Crippen LogP contribution in [0.15, 0.2) is 24.5 Å². The molecule has 0 atom stereocenters. The fourth-order valence-electron chi connectivity index (χ4n) is 1.87. The van der Waals surface area contributed by atoms with Crippen molar-refractivity contribution in [2.24, 2.45) is 5.92 Å². The number of carbonyl (C=O) groups excluding carboxylic acids is 1. The van der Waals surface area contributed by atoms with E-state index in [9.17, 15) is 4.79 Å². The Balaban J connectivity index is 1.98. The molecule has 0 aromatic carbocycles. The quantitative estimate of drug-likeness (QED) is 0.787. The van der Waals surface area contributed by atoms with Crippen LogP contribution in [0.5, 0.6) is 0 Å². The maximum absolute atomic E-state index is 12.0. The zero-order valence-corrected chi connectivity index (χ0v) is 11.6. The second-order valence-corrected chi connectivity index (χ2v) is 5.47. The molecule has 0 bridgehead atoms. The molecular weight excluding hydrogens is 329 g/mol. The third kappa shape index (κ3) is 1.92. The number of pyridine rings is 1. The fourth-order valence-corrected chi connectivity index (χ4v) is 2.40. The lowest BCUT2D eigenvalue weighted by atomic mass is 10.3. The van der Waals surface area contributed by atoms with Crippen LogP contribution in [0.2, 0.25) is 0 Å². The predicted molar refractivity (Wildman–Crippen MR) is 74.0 cm³/mol. The van der Waals surface area contributed by atoms with E-state index in [2.05, 4.69) is 27.6 Å². The molecule has 4 nitrogen and oxygen atoms in total. The fraction of sp³-hybridized carbons (Fsp3) is 0.333. The molecule has 0 saturated heterocycles. The average Bonchev–Trinajstić information content (AvgIpc) is 3.13. The summed E-state index contributed by atoms with van der Waals surface area (Å²) < 4.78 is 3.04. The summed E-state index contributed by atoms with van der Waals surface area (Å²) in [4.78, 5) is 18.0. The van der Waals surface area contributed by atoms with E-state index in [-0.39, 0.29) is 11.8 Å². The van der Waals surface area contributed by atoms with Crippen LogP contribution in [-0.4, -0.2) is 22.3 Å². The molecule has 0 N–H and O–H groups in total. The minimum Gasteiger partial charge on any atom is -0.314 e. The molecule has 0 spiro atoms. The number of carbonyl (C=O) groups is 1. The van der Waals surface area contributed by atoms with Crippen molar-refractivity contribution in [3.05, 3.63) is 28.2 Å². The van der Waals surface area contributed by atoms with Crippen molar-refractivity contribution in [1.82, 2.24) is 9.38 Å². The van der Waals surface area contributed by atoms with Crippen molar-refractivity contribution in [3.8, 4) is 0 Å². The molecule has 5 heteroatoms. The van der Waals surface area contributed by atoms with Crippen molar-refractivity contribution in [2.45, 2.75) is 12.8 Å². The smallest absolute Gasteiger partial charge is 0.229 e. The van der Waals surface area contributed by atoms with Gasteiger partial charge in [0.25, 0.3) is 0 Å². The number of aromatic nitrogens is 2. The van der Waals surface area contributed by atoms with Crippen molar-refractivity contribution >= 4 is 39.8 Å². The minimum absolute atomic E-state index is 0.222. The van der Waals surface area contributed by atoms with Crippen LogP contribution in [0.3, 0.4) is 0 Å². The summed E-state index contributed by atoms with van der Waals surface area (Å²) >= 11 is 2.23. The van der Waals surface area contributed by atoms with Crippen LogP contribution in [0.1, 0.15) is 12.8 Å². The normalized spacial score (nSPS) is 15.2. The van der Waals surface area contributed by atoms with Gasteiger partial charge in [-0.3, -0.25) is 9.20 Å². The SMILES string of the molecule is CN(C(=O)C1CC1)c1ccc2ncc(I)n2c1. The van der Waals surface area contributed by atoms with Crippen molar-refractivity contribution in [3.63, 3.8) is 0 Å². The Morgan fingerprint density at radius 3 is 3.00 bits per heavy atom. The number of hydrogen-bond donors (Lipinski definition) is 0. The van der Waals surface area contributed by atoms with E-state index in [1.54, 1.807) is 4.90 Å². The van der Waals surface area contributed by atoms with Gasteiger partial charge in [0.2, 0.25) is 5.91 Å². The summed E-state index contributed by atoms with van der Waals surface area (Å²) in [6.07, 6.45) is 5.86. The molecular formula is C12H12IN3O. The Hall–Kier alpha value is -1.11. The van der Waals surface area contributed by atoms with Gasteiger partial charge in [0, 0.05) is 19.2 Å². The highest BCUT2D eigenvalue weighted by molar-refractivity contribution is 14.1. The van der Waals surface area contributed by atoms with Crippen LogP contribution in [0, 0.1) is 9.62 Å². The van der Waals surface area contributed by atoms with Gasteiger partial charge in [-0.25, -0.2) is 4.98 Å². The molecule has 1 aliphatic rings. The van der Waals surface area contributed by atoms with E-state index in [0.29, 0.717) is 0 Å². The molecule has 2 heterocycles. The maximum Gasteiger partial charge on any atom is 0.229 e. The monoisotopic (exact) mass is 341 g/mol. The highest BCUT2D eigenvalue weighted by Gasteiger charge is 2.32. The molecule has 2 aromatic rings. The number of hydrogen-bond acceptors (Lipinski definition) is 2. The summed E-state index contributed by atoms with van der Waals surface area (Å²) in [6.45, 7) is 0. The largest absolute Gasteiger partial charge is 0.314 e. The second kappa shape index (κ2) is 3.97. The molecule has 3 rings (SSSR count). The molecule has 1 fully saturated rings. The van der Waals surface area contributed by atoms with Crippen molar-refractivity contribution in [1.29, 1.82) is 0 Å². The highest BCUT2D eigenvalue weighted by atomic mass is 127. The van der Waals surface area contributed by atoms with Crippen molar-refractivity contribution in [2.75, 3.05) is 11.9 Å². The van der Waals surface area contributed by atoms with Crippen LogP contribution in [-0.2, 0) is 4.79 Å². The second-order valence-electron chi connectivity index (χ2n) is 4.37. The summed E-state index contributed by atoms with van der Waals surface area (Å²) in [6, 6.07) is 3.88. The first-order valence-corrected chi connectivity index (χ1v) is 6.65. The number of rotatable bonds is 2. The van der Waals surface area contributed by atoms with Crippen LogP contribution in [0.25, 0.3) is 5.65 Å². The molecule has 0 unspecified atom stereocenters. The molecule has 2 aromatic heterocycles. The van der Waals surface area contributed by atoms with Crippen LogP contribution in [0.4, 0.5) is 5.69 Å². The Morgan fingerprint density at radius 1 is 1.53 bits per heavy atom. The van der Waals surface area contributed by atoms with E-state index in [1.807, 2.05) is 36.0 Å². The van der Waals surface area contributed by atoms with Gasteiger partial charge in [-0.15, -0.1) is 0 Å². The lowest BCUT2D eigenvalue weighted by Crippen LogP contribution is -2.27. The highest BCUT2D eigenvalue weighted by Crippen LogP contribution is 2.32. The van der Waals surface area contributed by atoms with Crippen molar-refractivity contribution < 1.29 is 4.79 Å². The molecule has 17 heavy (non-hydrogen) atoms. The molecule has 1 amide bonds. The molecule has 1 saturated carbocycles. The zero-order valence-electron chi connectivity index (χ0n) is 9.43. The maximum atomic E-state index is 12.0. The molecule has 1 aliphatic carbocycles. The van der Waals surface area contributed by atoms with Gasteiger partial charge in [-0.05, 0) is 47.6 Å². The Bertz CT molecular complexity index is 588. The van der Waals surface area contributed by atoms with Gasteiger partial charge in [-0.2, -0.15) is 0 Å². The van der Waals surface area contributed by atoms with E-state index in [0.717, 1.165) is 27.9 Å². The first-order valence-electron chi connectivity index (χ1n) is 5.57. The number of anilines is 1.